The van der Waals surface area contributed by atoms with Crippen LogP contribution in [-0.4, -0.2) is 86.5 Å². The molecule has 5 rings (SSSR count). The molecule has 4 amide bonds. The summed E-state index contributed by atoms with van der Waals surface area (Å²) in [6, 6.07) is 10.0. The molecule has 0 aliphatic carbocycles. The van der Waals surface area contributed by atoms with Gasteiger partial charge in [-0.05, 0) is 55.7 Å². The van der Waals surface area contributed by atoms with Gasteiger partial charge in [-0.25, -0.2) is 0 Å². The van der Waals surface area contributed by atoms with Crippen LogP contribution in [0.15, 0.2) is 48.5 Å². The Labute approximate surface area is 261 Å². The van der Waals surface area contributed by atoms with Crippen LogP contribution in [0.3, 0.4) is 0 Å². The van der Waals surface area contributed by atoms with E-state index in [1.807, 2.05) is 6.07 Å². The van der Waals surface area contributed by atoms with Crippen LogP contribution in [0.1, 0.15) is 47.8 Å². The number of halogens is 2. The van der Waals surface area contributed by atoms with Crippen LogP contribution >= 0.6 is 7.60 Å². The van der Waals surface area contributed by atoms with Crippen LogP contribution < -0.4 is 10.2 Å². The second-order valence-electron chi connectivity index (χ2n) is 11.4. The smallest absolute Gasteiger partial charge is 0.351 e. The SMILES string of the molecule is CC(=O)N1CC[C@H]2CC[C@@H](C(=O)N(C)c3cccc(C#N)c3)N2C(=O)C(NC(=O)c2cc3cc(C(F)(F)P(=O)(O)O)ccc3[nH]2)C1. The number of fused-ring (bicyclic) bond motifs is 2. The van der Waals surface area contributed by atoms with Gasteiger partial charge in [-0.15, -0.1) is 0 Å². The highest BCUT2D eigenvalue weighted by Crippen LogP contribution is 2.59. The summed E-state index contributed by atoms with van der Waals surface area (Å²) in [5.74, 6) is -2.06. The number of hydrogen-bond acceptors (Lipinski definition) is 6. The highest BCUT2D eigenvalue weighted by atomic mass is 31.2. The maximum Gasteiger partial charge on any atom is 0.399 e. The average molecular weight is 657 g/mol. The molecule has 0 bridgehead atoms. The van der Waals surface area contributed by atoms with Crippen molar-refractivity contribution < 1.29 is 42.3 Å². The molecule has 242 valence electrons. The van der Waals surface area contributed by atoms with Crippen molar-refractivity contribution in [1.82, 2.24) is 20.1 Å². The highest BCUT2D eigenvalue weighted by Gasteiger charge is 2.50. The Hall–Kier alpha value is -4.64. The van der Waals surface area contributed by atoms with Crippen molar-refractivity contribution >= 4 is 47.8 Å². The summed E-state index contributed by atoms with van der Waals surface area (Å²) in [5, 5.41) is 12.0. The number of aromatic amines is 1. The standard InChI is InChI=1S/C30H31F2N6O7P/c1-17(39)37-11-10-21-7-9-26(29(42)36(2)22-5-3-4-18(12-22)15-33)38(21)28(41)25(16-37)35-27(40)24-14-19-13-20(6-8-23(19)34-24)30(31,32)46(43,44)45/h3-6,8,12-14,21,25-26,34H,7,9-11,16H2,1-2H3,(H,35,40)(H2,43,44,45)/t21-,25?,26+/m1/s1. The van der Waals surface area contributed by atoms with Gasteiger partial charge < -0.3 is 34.8 Å². The number of aromatic nitrogens is 1. The predicted octanol–water partition coefficient (Wildman–Crippen LogP) is 2.64. The maximum atomic E-state index is 14.3. The number of carbonyl (C=O) groups is 4. The average Bonchev–Trinajstić information content (AvgIpc) is 3.64. The molecule has 2 aliphatic heterocycles. The Kier molecular flexibility index (Phi) is 8.74. The fourth-order valence-corrected chi connectivity index (χ4v) is 6.47. The molecule has 3 aromatic rings. The third kappa shape index (κ3) is 6.11. The van der Waals surface area contributed by atoms with E-state index in [0.29, 0.717) is 30.5 Å². The molecule has 2 aromatic carbocycles. The first-order valence-electron chi connectivity index (χ1n) is 14.4. The molecule has 13 nitrogen and oxygen atoms in total. The molecule has 3 heterocycles. The van der Waals surface area contributed by atoms with Gasteiger partial charge in [-0.3, -0.25) is 23.7 Å². The Morgan fingerprint density at radius 3 is 2.54 bits per heavy atom. The number of nitrogens with zero attached hydrogens (tertiary/aromatic N) is 4. The zero-order chi connectivity index (χ0) is 33.6. The molecular weight excluding hydrogens is 625 g/mol. The molecule has 0 saturated carbocycles. The zero-order valence-corrected chi connectivity index (χ0v) is 25.7. The van der Waals surface area contributed by atoms with Crippen molar-refractivity contribution in [3.05, 3.63) is 65.4 Å². The Morgan fingerprint density at radius 1 is 1.13 bits per heavy atom. The zero-order valence-electron chi connectivity index (χ0n) is 24.8. The van der Waals surface area contributed by atoms with Crippen molar-refractivity contribution in [2.24, 2.45) is 0 Å². The molecule has 16 heteroatoms. The normalized spacial score (nSPS) is 20.5. The van der Waals surface area contributed by atoms with E-state index in [9.17, 15) is 37.8 Å². The van der Waals surface area contributed by atoms with E-state index in [1.54, 1.807) is 31.3 Å². The Morgan fingerprint density at radius 2 is 1.87 bits per heavy atom. The number of rotatable bonds is 6. The third-order valence-corrected chi connectivity index (χ3v) is 9.49. The van der Waals surface area contributed by atoms with Gasteiger partial charge in [-0.2, -0.15) is 14.0 Å². The van der Waals surface area contributed by atoms with Gasteiger partial charge in [0, 0.05) is 55.3 Å². The lowest BCUT2D eigenvalue weighted by Crippen LogP contribution is -2.61. The van der Waals surface area contributed by atoms with Crippen molar-refractivity contribution in [2.45, 2.75) is 50.0 Å². The molecule has 2 saturated heterocycles. The Balaban J connectivity index is 1.42. The largest absolute Gasteiger partial charge is 0.399 e. The summed E-state index contributed by atoms with van der Waals surface area (Å²) in [5.41, 5.74) is -4.46. The lowest BCUT2D eigenvalue weighted by molar-refractivity contribution is -0.144. The van der Waals surface area contributed by atoms with E-state index in [2.05, 4.69) is 10.3 Å². The van der Waals surface area contributed by atoms with Crippen molar-refractivity contribution in [2.75, 3.05) is 25.0 Å². The van der Waals surface area contributed by atoms with Gasteiger partial charge in [0.2, 0.25) is 17.7 Å². The van der Waals surface area contributed by atoms with Gasteiger partial charge in [0.25, 0.3) is 5.91 Å². The fourth-order valence-electron chi connectivity index (χ4n) is 5.99. The number of amides is 4. The number of carbonyl (C=O) groups excluding carboxylic acids is 4. The number of H-pyrrole nitrogens is 1. The number of anilines is 1. The first-order valence-corrected chi connectivity index (χ1v) is 16.0. The van der Waals surface area contributed by atoms with Gasteiger partial charge in [0.1, 0.15) is 17.8 Å². The minimum atomic E-state index is -5.82. The molecule has 2 fully saturated rings. The van der Waals surface area contributed by atoms with E-state index >= 15 is 0 Å². The number of likely N-dealkylation sites (N-methyl/N-ethyl adjacent to an activating group) is 1. The van der Waals surface area contributed by atoms with Crippen LogP contribution in [0.2, 0.25) is 0 Å². The molecule has 3 atom stereocenters. The fraction of sp³-hybridized carbons (Fsp3) is 0.367. The van der Waals surface area contributed by atoms with E-state index in [0.717, 1.165) is 18.2 Å². The predicted molar refractivity (Wildman–Crippen MR) is 161 cm³/mol. The molecule has 0 spiro atoms. The number of hydrogen-bond donors (Lipinski definition) is 4. The molecule has 46 heavy (non-hydrogen) atoms. The number of alkyl halides is 2. The summed E-state index contributed by atoms with van der Waals surface area (Å²) < 4.78 is 39.9. The second-order valence-corrected chi connectivity index (χ2v) is 13.1. The Bertz CT molecular complexity index is 1820. The van der Waals surface area contributed by atoms with Gasteiger partial charge in [0.15, 0.2) is 0 Å². The lowest BCUT2D eigenvalue weighted by atomic mass is 10.1. The van der Waals surface area contributed by atoms with Crippen LogP contribution in [0, 0.1) is 11.3 Å². The first-order chi connectivity index (χ1) is 21.6. The third-order valence-electron chi connectivity index (χ3n) is 8.50. The van der Waals surface area contributed by atoms with Crippen molar-refractivity contribution in [3.63, 3.8) is 0 Å². The molecule has 2 aliphatic rings. The lowest BCUT2D eigenvalue weighted by Gasteiger charge is -2.39. The van der Waals surface area contributed by atoms with Crippen LogP contribution in [0.25, 0.3) is 10.9 Å². The number of nitrogens with one attached hydrogen (secondary N) is 2. The maximum absolute atomic E-state index is 14.3. The van der Waals surface area contributed by atoms with Crippen LogP contribution in [0.5, 0.6) is 0 Å². The highest BCUT2D eigenvalue weighted by molar-refractivity contribution is 7.52. The summed E-state index contributed by atoms with van der Waals surface area (Å²) in [6.45, 7) is 1.44. The van der Waals surface area contributed by atoms with Gasteiger partial charge >= 0.3 is 13.3 Å². The van der Waals surface area contributed by atoms with E-state index < -0.39 is 42.7 Å². The van der Waals surface area contributed by atoms with E-state index in [1.165, 1.54) is 27.7 Å². The van der Waals surface area contributed by atoms with Gasteiger partial charge in [0.05, 0.1) is 11.6 Å². The quantitative estimate of drug-likeness (QED) is 0.292. The topological polar surface area (TPSA) is 187 Å². The minimum Gasteiger partial charge on any atom is -0.351 e. The second kappa shape index (κ2) is 12.3. The van der Waals surface area contributed by atoms with E-state index in [4.69, 9.17) is 9.79 Å². The van der Waals surface area contributed by atoms with Crippen molar-refractivity contribution in [3.8, 4) is 6.07 Å². The summed E-state index contributed by atoms with van der Waals surface area (Å²) in [7, 11) is -4.27. The molecule has 1 unspecified atom stereocenters. The van der Waals surface area contributed by atoms with Crippen LogP contribution in [-0.2, 0) is 24.6 Å². The summed E-state index contributed by atoms with van der Waals surface area (Å²) >= 11 is 0. The summed E-state index contributed by atoms with van der Waals surface area (Å²) in [4.78, 5) is 78.9. The summed E-state index contributed by atoms with van der Waals surface area (Å²) in [6.07, 6.45) is 1.26. The number of nitriles is 1. The number of benzene rings is 2. The monoisotopic (exact) mass is 656 g/mol. The van der Waals surface area contributed by atoms with E-state index in [-0.39, 0.29) is 47.5 Å². The molecule has 4 N–H and O–H groups in total. The van der Waals surface area contributed by atoms with Crippen LogP contribution in [0.4, 0.5) is 14.5 Å². The molecule has 1 aromatic heterocycles. The van der Waals surface area contributed by atoms with Gasteiger partial charge in [-0.1, -0.05) is 12.1 Å². The molecule has 0 radical (unpaired) electrons. The first kappa shape index (κ1) is 32.7. The minimum absolute atomic E-state index is 0.0684. The molecular formula is C30H31F2N6O7P. The van der Waals surface area contributed by atoms with Crippen molar-refractivity contribution in [1.29, 1.82) is 5.26 Å².